The Hall–Kier alpha value is -2.58. The van der Waals surface area contributed by atoms with Crippen molar-refractivity contribution in [1.82, 2.24) is 25.2 Å². The number of amides is 2. The van der Waals surface area contributed by atoms with Crippen LogP contribution in [0.4, 0.5) is 10.5 Å². The average Bonchev–Trinajstić information content (AvgIpc) is 3.01. The number of aromatic nitrogens is 3. The molecule has 0 aliphatic carbocycles. The number of hydrogen-bond donors (Lipinski definition) is 4. The minimum absolute atomic E-state index is 0. The van der Waals surface area contributed by atoms with Crippen LogP contribution in [-0.2, 0) is 0 Å². The Morgan fingerprint density at radius 3 is 2.81 bits per heavy atom. The number of nitrogens with one attached hydrogen (secondary N) is 4. The van der Waals surface area contributed by atoms with Crippen LogP contribution in [0, 0.1) is 0 Å². The maximum absolute atomic E-state index is 12.3. The molecule has 2 amide bonds. The molecule has 0 radical (unpaired) electrons. The van der Waals surface area contributed by atoms with E-state index in [0.717, 1.165) is 42.5 Å². The fraction of sp³-hybridized carbons (Fsp3) is 0.353. The van der Waals surface area contributed by atoms with Gasteiger partial charge in [-0.25, -0.2) is 9.31 Å². The summed E-state index contributed by atoms with van der Waals surface area (Å²) in [6, 6.07) is 6.84. The standard InChI is InChI=1S/C17H20N6O2.ClH/c1-18-17(25)20-11-3-2-4-12-15(11)16-21-14(24)9-13(23(16)22-12)10-5-7-19-8-6-10;/h2-4,9-10,19H,5-8H2,1H3,(H,21,24)(H2,18,20,25);1H. The Balaban J connectivity index is 0.00000196. The van der Waals surface area contributed by atoms with Crippen molar-refractivity contribution < 1.29 is 4.79 Å². The number of benzene rings is 1. The van der Waals surface area contributed by atoms with Crippen molar-refractivity contribution in [2.75, 3.05) is 25.5 Å². The Kier molecular flexibility index (Phi) is 5.15. The molecule has 4 N–H and O–H groups in total. The lowest BCUT2D eigenvalue weighted by Crippen LogP contribution is -2.28. The molecule has 0 bridgehead atoms. The summed E-state index contributed by atoms with van der Waals surface area (Å²) in [4.78, 5) is 26.9. The molecule has 1 aliphatic rings. The number of aromatic amines is 1. The van der Waals surface area contributed by atoms with Gasteiger partial charge in [-0.2, -0.15) is 5.10 Å². The second kappa shape index (κ2) is 7.35. The van der Waals surface area contributed by atoms with Gasteiger partial charge in [-0.15, -0.1) is 12.4 Å². The number of rotatable bonds is 2. The second-order valence-electron chi connectivity index (χ2n) is 6.25. The Morgan fingerprint density at radius 2 is 2.08 bits per heavy atom. The number of hydrogen-bond acceptors (Lipinski definition) is 4. The number of nitrogens with zero attached hydrogens (tertiary/aromatic N) is 2. The summed E-state index contributed by atoms with van der Waals surface area (Å²) in [5, 5.41) is 14.1. The van der Waals surface area contributed by atoms with E-state index in [1.54, 1.807) is 19.2 Å². The number of urea groups is 1. The lowest BCUT2D eigenvalue weighted by molar-refractivity contribution is 0.254. The molecule has 1 aliphatic heterocycles. The molecule has 9 heteroatoms. The maximum atomic E-state index is 12.3. The molecule has 0 spiro atoms. The first-order valence-electron chi connectivity index (χ1n) is 8.41. The fourth-order valence-electron chi connectivity index (χ4n) is 3.48. The molecule has 1 saturated heterocycles. The van der Waals surface area contributed by atoms with E-state index in [1.165, 1.54) is 0 Å². The zero-order valence-electron chi connectivity index (χ0n) is 14.3. The first-order chi connectivity index (χ1) is 12.2. The normalized spacial score (nSPS) is 15.0. The van der Waals surface area contributed by atoms with Crippen molar-refractivity contribution >= 4 is 40.7 Å². The number of fused-ring (bicyclic) bond motifs is 3. The van der Waals surface area contributed by atoms with E-state index in [-0.39, 0.29) is 29.9 Å². The van der Waals surface area contributed by atoms with E-state index in [0.29, 0.717) is 11.3 Å². The molecular formula is C17H21ClN6O2. The van der Waals surface area contributed by atoms with Crippen molar-refractivity contribution in [3.8, 4) is 0 Å². The van der Waals surface area contributed by atoms with Crippen molar-refractivity contribution in [2.24, 2.45) is 0 Å². The predicted octanol–water partition coefficient (Wildman–Crippen LogP) is 1.82. The predicted molar refractivity (Wildman–Crippen MR) is 103 cm³/mol. The molecule has 3 heterocycles. The first-order valence-corrected chi connectivity index (χ1v) is 8.41. The first kappa shape index (κ1) is 18.2. The van der Waals surface area contributed by atoms with Crippen LogP contribution in [0.25, 0.3) is 16.6 Å². The van der Waals surface area contributed by atoms with Crippen LogP contribution in [-0.4, -0.2) is 40.8 Å². The summed E-state index contributed by atoms with van der Waals surface area (Å²) in [6.45, 7) is 1.87. The summed E-state index contributed by atoms with van der Waals surface area (Å²) in [6.07, 6.45) is 1.94. The molecule has 4 rings (SSSR count). The minimum Gasteiger partial charge on any atom is -0.341 e. The third-order valence-corrected chi connectivity index (χ3v) is 4.70. The van der Waals surface area contributed by atoms with E-state index in [1.807, 2.05) is 16.6 Å². The van der Waals surface area contributed by atoms with Crippen molar-refractivity contribution in [1.29, 1.82) is 0 Å². The van der Waals surface area contributed by atoms with Crippen LogP contribution in [0.1, 0.15) is 24.5 Å². The summed E-state index contributed by atoms with van der Waals surface area (Å²) >= 11 is 0. The SMILES string of the molecule is CNC(=O)Nc1cccc2nn3c(C4CCNCC4)cc(=O)[nH]c3c12.Cl. The van der Waals surface area contributed by atoms with Gasteiger partial charge in [0.15, 0.2) is 0 Å². The highest BCUT2D eigenvalue weighted by Gasteiger charge is 2.21. The zero-order valence-corrected chi connectivity index (χ0v) is 15.2. The van der Waals surface area contributed by atoms with E-state index < -0.39 is 0 Å². The van der Waals surface area contributed by atoms with E-state index in [2.05, 4.69) is 26.0 Å². The van der Waals surface area contributed by atoms with E-state index in [4.69, 9.17) is 0 Å². The number of piperidine rings is 1. The fourth-order valence-corrected chi connectivity index (χ4v) is 3.48. The highest BCUT2D eigenvalue weighted by molar-refractivity contribution is 6.06. The van der Waals surface area contributed by atoms with Gasteiger partial charge in [0.05, 0.1) is 22.3 Å². The highest BCUT2D eigenvalue weighted by atomic mass is 35.5. The lowest BCUT2D eigenvalue weighted by atomic mass is 9.94. The molecule has 1 fully saturated rings. The third-order valence-electron chi connectivity index (χ3n) is 4.70. The third kappa shape index (κ3) is 3.13. The Bertz CT molecular complexity index is 1010. The summed E-state index contributed by atoms with van der Waals surface area (Å²) in [5.74, 6) is 0.288. The van der Waals surface area contributed by atoms with Crippen LogP contribution >= 0.6 is 12.4 Å². The van der Waals surface area contributed by atoms with Gasteiger partial charge in [0.1, 0.15) is 5.65 Å². The molecule has 8 nitrogen and oxygen atoms in total. The second-order valence-corrected chi connectivity index (χ2v) is 6.25. The van der Waals surface area contributed by atoms with Gasteiger partial charge in [0.2, 0.25) is 0 Å². The van der Waals surface area contributed by atoms with Crippen molar-refractivity contribution in [2.45, 2.75) is 18.8 Å². The number of anilines is 1. The van der Waals surface area contributed by atoms with Crippen molar-refractivity contribution in [3.05, 3.63) is 40.3 Å². The van der Waals surface area contributed by atoms with Gasteiger partial charge in [-0.3, -0.25) is 4.79 Å². The number of carbonyl (C=O) groups is 1. The molecule has 0 unspecified atom stereocenters. The number of H-pyrrole nitrogens is 1. The van der Waals surface area contributed by atoms with Crippen LogP contribution in [0.3, 0.4) is 0 Å². The Morgan fingerprint density at radius 1 is 1.31 bits per heavy atom. The zero-order chi connectivity index (χ0) is 17.4. The lowest BCUT2D eigenvalue weighted by Gasteiger charge is -2.23. The topological polar surface area (TPSA) is 103 Å². The Labute approximate surface area is 155 Å². The van der Waals surface area contributed by atoms with E-state index >= 15 is 0 Å². The largest absolute Gasteiger partial charge is 0.341 e. The number of carbonyl (C=O) groups excluding carboxylic acids is 1. The molecule has 138 valence electrons. The van der Waals surface area contributed by atoms with Gasteiger partial charge < -0.3 is 20.9 Å². The monoisotopic (exact) mass is 376 g/mol. The molecule has 1 aromatic carbocycles. The molecule has 3 aromatic rings. The molecule has 2 aromatic heterocycles. The van der Waals surface area contributed by atoms with Gasteiger partial charge in [-0.05, 0) is 38.1 Å². The smallest absolute Gasteiger partial charge is 0.318 e. The van der Waals surface area contributed by atoms with Crippen LogP contribution in [0.15, 0.2) is 29.1 Å². The minimum atomic E-state index is -0.316. The average molecular weight is 377 g/mol. The van der Waals surface area contributed by atoms with Crippen LogP contribution in [0.5, 0.6) is 0 Å². The summed E-state index contributed by atoms with van der Waals surface area (Å²) < 4.78 is 1.82. The van der Waals surface area contributed by atoms with Gasteiger partial charge >= 0.3 is 6.03 Å². The van der Waals surface area contributed by atoms with E-state index in [9.17, 15) is 9.59 Å². The molecule has 26 heavy (non-hydrogen) atoms. The van der Waals surface area contributed by atoms with Gasteiger partial charge in [-0.1, -0.05) is 6.07 Å². The van der Waals surface area contributed by atoms with Crippen LogP contribution in [0.2, 0.25) is 0 Å². The molecule has 0 saturated carbocycles. The van der Waals surface area contributed by atoms with Crippen LogP contribution < -0.4 is 21.5 Å². The van der Waals surface area contributed by atoms with Gasteiger partial charge in [0, 0.05) is 19.0 Å². The molecule has 0 atom stereocenters. The quantitative estimate of drug-likeness (QED) is 0.547. The summed E-state index contributed by atoms with van der Waals surface area (Å²) in [5.41, 5.74) is 2.72. The maximum Gasteiger partial charge on any atom is 0.318 e. The van der Waals surface area contributed by atoms with Gasteiger partial charge in [0.25, 0.3) is 5.56 Å². The highest BCUT2D eigenvalue weighted by Crippen LogP contribution is 2.30. The summed E-state index contributed by atoms with van der Waals surface area (Å²) in [7, 11) is 1.56. The molecular weight excluding hydrogens is 356 g/mol. The van der Waals surface area contributed by atoms with Crippen molar-refractivity contribution in [3.63, 3.8) is 0 Å². The number of halogens is 1.